The van der Waals surface area contributed by atoms with Crippen LogP contribution in [-0.4, -0.2) is 18.0 Å². The van der Waals surface area contributed by atoms with Crippen molar-refractivity contribution in [3.63, 3.8) is 0 Å². The fourth-order valence-corrected chi connectivity index (χ4v) is 4.64. The molecule has 1 amide bonds. The highest BCUT2D eigenvalue weighted by atomic mass is 35.5. The average Bonchev–Trinajstić information content (AvgIpc) is 2.68. The van der Waals surface area contributed by atoms with Gasteiger partial charge in [0.05, 0.1) is 10.7 Å². The van der Waals surface area contributed by atoms with Gasteiger partial charge in [0.2, 0.25) is 0 Å². The number of carbonyl (C=O) groups excluding carboxylic acids is 1. The molecule has 2 aromatic carbocycles. The lowest BCUT2D eigenvalue weighted by Crippen LogP contribution is -2.48. The van der Waals surface area contributed by atoms with Crippen LogP contribution in [0, 0.1) is 18.3 Å². The Morgan fingerprint density at radius 3 is 2.70 bits per heavy atom. The molecule has 4 nitrogen and oxygen atoms in total. The summed E-state index contributed by atoms with van der Waals surface area (Å²) >= 11 is 6.13. The van der Waals surface area contributed by atoms with E-state index in [2.05, 4.69) is 50.0 Å². The molecule has 0 bridgehead atoms. The summed E-state index contributed by atoms with van der Waals surface area (Å²) in [7, 11) is 0. The zero-order chi connectivity index (χ0) is 22.1. The van der Waals surface area contributed by atoms with Gasteiger partial charge in [0.25, 0.3) is 5.91 Å². The third-order valence-corrected chi connectivity index (χ3v) is 6.21. The predicted octanol–water partition coefficient (Wildman–Crippen LogP) is 6.31. The minimum Gasteiger partial charge on any atom is -0.366 e. The number of nitriles is 1. The predicted molar refractivity (Wildman–Crippen MR) is 125 cm³/mol. The molecule has 1 aliphatic heterocycles. The maximum Gasteiger partial charge on any atom is 0.266 e. The lowest BCUT2D eigenvalue weighted by molar-refractivity contribution is -0.112. The highest BCUT2D eigenvalue weighted by molar-refractivity contribution is 6.34. The number of amides is 1. The molecule has 1 atom stereocenters. The summed E-state index contributed by atoms with van der Waals surface area (Å²) in [5.41, 5.74) is 5.07. The minimum atomic E-state index is -0.466. The van der Waals surface area contributed by atoms with E-state index in [0.29, 0.717) is 16.6 Å². The number of rotatable bonds is 4. The molecule has 0 unspecified atom stereocenters. The van der Waals surface area contributed by atoms with Gasteiger partial charge in [-0.3, -0.25) is 4.79 Å². The van der Waals surface area contributed by atoms with Crippen molar-refractivity contribution in [2.24, 2.45) is 0 Å². The Kier molecular flexibility index (Phi) is 6.24. The smallest absolute Gasteiger partial charge is 0.266 e. The highest BCUT2D eigenvalue weighted by Gasteiger charge is 2.35. The van der Waals surface area contributed by atoms with Crippen LogP contribution in [0.3, 0.4) is 0 Å². The first-order chi connectivity index (χ1) is 14.2. The van der Waals surface area contributed by atoms with Gasteiger partial charge >= 0.3 is 0 Å². The average molecular weight is 422 g/mol. The molecule has 0 saturated heterocycles. The van der Waals surface area contributed by atoms with E-state index in [4.69, 9.17) is 11.6 Å². The van der Waals surface area contributed by atoms with Gasteiger partial charge in [0.15, 0.2) is 0 Å². The second-order valence-corrected chi connectivity index (χ2v) is 8.94. The Hall–Kier alpha value is -2.77. The summed E-state index contributed by atoms with van der Waals surface area (Å²) in [6, 6.07) is 13.3. The van der Waals surface area contributed by atoms with E-state index in [1.165, 1.54) is 11.3 Å². The lowest BCUT2D eigenvalue weighted by atomic mass is 9.79. The number of aryl methyl sites for hydroxylation is 1. The third-order valence-electron chi connectivity index (χ3n) is 5.88. The molecule has 1 heterocycles. The summed E-state index contributed by atoms with van der Waals surface area (Å²) in [4.78, 5) is 15.1. The van der Waals surface area contributed by atoms with Gasteiger partial charge in [-0.1, -0.05) is 30.7 Å². The SMILES string of the molecule is CCN1c2cc(C)c(/C=C(/C#N)C(=O)Nc3ccccc3Cl)cc2[C@H](C)CC1(C)C. The first-order valence-corrected chi connectivity index (χ1v) is 10.7. The largest absolute Gasteiger partial charge is 0.366 e. The van der Waals surface area contributed by atoms with E-state index in [0.717, 1.165) is 24.1 Å². The van der Waals surface area contributed by atoms with Crippen LogP contribution in [-0.2, 0) is 4.79 Å². The normalized spacial score (nSPS) is 17.8. The second kappa shape index (κ2) is 8.53. The number of carbonyl (C=O) groups is 1. The van der Waals surface area contributed by atoms with Gasteiger partial charge in [-0.25, -0.2) is 0 Å². The van der Waals surface area contributed by atoms with E-state index < -0.39 is 5.91 Å². The number of fused-ring (bicyclic) bond motifs is 1. The molecule has 0 aromatic heterocycles. The molecule has 1 N–H and O–H groups in total. The Labute approximate surface area is 184 Å². The van der Waals surface area contributed by atoms with E-state index >= 15 is 0 Å². The molecule has 0 fully saturated rings. The van der Waals surface area contributed by atoms with Crippen molar-refractivity contribution in [3.05, 3.63) is 63.7 Å². The van der Waals surface area contributed by atoms with Gasteiger partial charge in [-0.2, -0.15) is 5.26 Å². The first kappa shape index (κ1) is 21.9. The highest BCUT2D eigenvalue weighted by Crippen LogP contribution is 2.44. The Morgan fingerprint density at radius 1 is 1.37 bits per heavy atom. The third kappa shape index (κ3) is 4.22. The molecular weight excluding hydrogens is 394 g/mol. The molecular formula is C25H28ClN3O. The molecule has 0 aliphatic carbocycles. The number of anilines is 2. The fraction of sp³-hybridized carbons (Fsp3) is 0.360. The molecule has 1 aliphatic rings. The molecule has 2 aromatic rings. The Balaban J connectivity index is 1.98. The van der Waals surface area contributed by atoms with Crippen LogP contribution in [0.25, 0.3) is 6.08 Å². The number of nitrogens with zero attached hydrogens (tertiary/aromatic N) is 2. The number of hydrogen-bond acceptors (Lipinski definition) is 3. The summed E-state index contributed by atoms with van der Waals surface area (Å²) < 4.78 is 0. The summed E-state index contributed by atoms with van der Waals surface area (Å²) in [5, 5.41) is 12.8. The van der Waals surface area contributed by atoms with Gasteiger partial charge in [-0.05, 0) is 87.1 Å². The lowest BCUT2D eigenvalue weighted by Gasteiger charge is -2.47. The van der Waals surface area contributed by atoms with Crippen LogP contribution in [0.15, 0.2) is 42.0 Å². The van der Waals surface area contributed by atoms with Crippen LogP contribution < -0.4 is 10.2 Å². The molecule has 3 rings (SSSR count). The Bertz CT molecular complexity index is 1050. The van der Waals surface area contributed by atoms with E-state index in [1.807, 2.05) is 13.0 Å². The molecule has 0 radical (unpaired) electrons. The summed E-state index contributed by atoms with van der Waals surface area (Å²) in [5.74, 6) is -0.0693. The second-order valence-electron chi connectivity index (χ2n) is 8.53. The van der Waals surface area contributed by atoms with E-state index in [9.17, 15) is 10.1 Å². The van der Waals surface area contributed by atoms with Crippen molar-refractivity contribution in [2.75, 3.05) is 16.8 Å². The van der Waals surface area contributed by atoms with Crippen molar-refractivity contribution in [1.82, 2.24) is 0 Å². The zero-order valence-corrected chi connectivity index (χ0v) is 19.0. The summed E-state index contributed by atoms with van der Waals surface area (Å²) in [6.45, 7) is 11.9. The minimum absolute atomic E-state index is 0.0501. The molecule has 30 heavy (non-hydrogen) atoms. The van der Waals surface area contributed by atoms with Gasteiger partial charge < -0.3 is 10.2 Å². The molecule has 156 valence electrons. The molecule has 0 saturated carbocycles. The molecule has 5 heteroatoms. The van der Waals surface area contributed by atoms with Gasteiger partial charge in [0, 0.05) is 17.8 Å². The Morgan fingerprint density at radius 2 is 2.07 bits per heavy atom. The zero-order valence-electron chi connectivity index (χ0n) is 18.2. The molecule has 0 spiro atoms. The monoisotopic (exact) mass is 421 g/mol. The maximum atomic E-state index is 12.7. The van der Waals surface area contributed by atoms with Gasteiger partial charge in [-0.15, -0.1) is 0 Å². The summed E-state index contributed by atoms with van der Waals surface area (Å²) in [6.07, 6.45) is 2.72. The number of para-hydroxylation sites is 1. The van der Waals surface area contributed by atoms with Crippen LogP contribution in [0.5, 0.6) is 0 Å². The van der Waals surface area contributed by atoms with Crippen molar-refractivity contribution >= 4 is 35.0 Å². The van der Waals surface area contributed by atoms with E-state index in [-0.39, 0.29) is 11.1 Å². The maximum absolute atomic E-state index is 12.7. The van der Waals surface area contributed by atoms with Crippen molar-refractivity contribution in [3.8, 4) is 6.07 Å². The number of hydrogen-bond donors (Lipinski definition) is 1. The van der Waals surface area contributed by atoms with Crippen LogP contribution in [0.1, 0.15) is 56.7 Å². The standard InChI is InChI=1S/C25H28ClN3O/c1-6-29-23-11-16(2)18(13-20(23)17(3)14-25(29,4)5)12-19(15-27)24(30)28-22-10-8-7-9-21(22)26/h7-13,17H,6,14H2,1-5H3,(H,28,30)/b19-12-/t17-/m1/s1. The first-order valence-electron chi connectivity index (χ1n) is 10.3. The van der Waals surface area contributed by atoms with E-state index in [1.54, 1.807) is 30.3 Å². The van der Waals surface area contributed by atoms with Crippen molar-refractivity contribution in [1.29, 1.82) is 5.26 Å². The number of nitrogens with one attached hydrogen (secondary N) is 1. The van der Waals surface area contributed by atoms with Crippen molar-refractivity contribution in [2.45, 2.75) is 52.5 Å². The van der Waals surface area contributed by atoms with Crippen LogP contribution in [0.4, 0.5) is 11.4 Å². The fourth-order valence-electron chi connectivity index (χ4n) is 4.46. The van der Waals surface area contributed by atoms with Crippen LogP contribution >= 0.6 is 11.6 Å². The van der Waals surface area contributed by atoms with Crippen LogP contribution in [0.2, 0.25) is 5.02 Å². The number of benzene rings is 2. The quantitative estimate of drug-likeness (QED) is 0.465. The van der Waals surface area contributed by atoms with Crippen molar-refractivity contribution < 1.29 is 4.79 Å². The van der Waals surface area contributed by atoms with Gasteiger partial charge in [0.1, 0.15) is 11.6 Å². The topological polar surface area (TPSA) is 56.1 Å². The number of halogens is 1.